The fourth-order valence-electron chi connectivity index (χ4n) is 2.56. The summed E-state index contributed by atoms with van der Waals surface area (Å²) in [7, 11) is 1.90. The van der Waals surface area contributed by atoms with E-state index in [2.05, 4.69) is 17.2 Å². The molecule has 0 spiro atoms. The number of rotatable bonds is 3. The quantitative estimate of drug-likeness (QED) is 0.861. The number of nitrogens with zero attached hydrogens (tertiary/aromatic N) is 2. The molecule has 1 aromatic carbocycles. The number of benzene rings is 1. The van der Waals surface area contributed by atoms with E-state index in [1.165, 1.54) is 10.5 Å². The molecule has 2 aromatic rings. The van der Waals surface area contributed by atoms with Crippen LogP contribution < -0.4 is 0 Å². The van der Waals surface area contributed by atoms with Gasteiger partial charge >= 0.3 is 0 Å². The molecule has 1 atom stereocenters. The Labute approximate surface area is 117 Å². The van der Waals surface area contributed by atoms with Gasteiger partial charge < -0.3 is 0 Å². The molecule has 1 aliphatic heterocycles. The van der Waals surface area contributed by atoms with Crippen molar-refractivity contribution >= 4 is 17.5 Å². The molecule has 2 heterocycles. The van der Waals surface area contributed by atoms with Gasteiger partial charge in [0.1, 0.15) is 5.78 Å². The molecule has 19 heavy (non-hydrogen) atoms. The first kappa shape index (κ1) is 12.5. The summed E-state index contributed by atoms with van der Waals surface area (Å²) in [5.74, 6) is 1.20. The lowest BCUT2D eigenvalue weighted by Crippen LogP contribution is -2.16. The van der Waals surface area contributed by atoms with Crippen LogP contribution in [0.3, 0.4) is 0 Å². The Bertz CT molecular complexity index is 633. The fraction of sp³-hybridized carbons (Fsp3) is 0.333. The maximum Gasteiger partial charge on any atom is 0.147 e. The molecule has 98 valence electrons. The second-order valence-electron chi connectivity index (χ2n) is 4.95. The average Bonchev–Trinajstić information content (AvgIpc) is 2.93. The highest BCUT2D eigenvalue weighted by Gasteiger charge is 2.29. The number of aromatic nitrogens is 2. The molecule has 3 rings (SSSR count). The van der Waals surface area contributed by atoms with Gasteiger partial charge in [-0.25, -0.2) is 0 Å². The van der Waals surface area contributed by atoms with Crippen molar-refractivity contribution in [3.63, 3.8) is 0 Å². The molecular formula is C15H16N2OS. The number of fused-ring (bicyclic) bond motifs is 1. The van der Waals surface area contributed by atoms with Gasteiger partial charge in [0.2, 0.25) is 0 Å². The van der Waals surface area contributed by atoms with E-state index in [0.717, 1.165) is 17.1 Å². The van der Waals surface area contributed by atoms with E-state index in [0.29, 0.717) is 12.2 Å². The van der Waals surface area contributed by atoms with Crippen LogP contribution in [0.4, 0.5) is 0 Å². The zero-order chi connectivity index (χ0) is 13.4. The molecule has 3 nitrogen and oxygen atoms in total. The van der Waals surface area contributed by atoms with Gasteiger partial charge in [-0.05, 0) is 24.6 Å². The summed E-state index contributed by atoms with van der Waals surface area (Å²) in [4.78, 5) is 13.7. The van der Waals surface area contributed by atoms with Crippen molar-refractivity contribution in [1.29, 1.82) is 0 Å². The molecule has 0 saturated heterocycles. The van der Waals surface area contributed by atoms with Crippen LogP contribution in [-0.4, -0.2) is 21.3 Å². The Hall–Kier alpha value is -1.55. The molecule has 1 aliphatic rings. The normalized spacial score (nSPS) is 17.5. The molecule has 0 amide bonds. The minimum atomic E-state index is 0.0383. The number of ketones is 1. The van der Waals surface area contributed by atoms with Crippen LogP contribution in [0, 0.1) is 6.92 Å². The van der Waals surface area contributed by atoms with Crippen molar-refractivity contribution in [3.8, 4) is 0 Å². The van der Waals surface area contributed by atoms with Gasteiger partial charge in [0.15, 0.2) is 0 Å². The molecule has 4 heteroatoms. The maximum absolute atomic E-state index is 12.5. The number of carbonyl (C=O) groups excluding carboxylic acids is 1. The van der Waals surface area contributed by atoms with E-state index in [1.54, 1.807) is 16.4 Å². The fourth-order valence-corrected chi connectivity index (χ4v) is 3.82. The van der Waals surface area contributed by atoms with E-state index < -0.39 is 0 Å². The highest BCUT2D eigenvalue weighted by atomic mass is 32.2. The van der Waals surface area contributed by atoms with Crippen LogP contribution in [0.1, 0.15) is 22.9 Å². The third-order valence-electron chi connectivity index (χ3n) is 3.54. The van der Waals surface area contributed by atoms with E-state index in [4.69, 9.17) is 0 Å². The van der Waals surface area contributed by atoms with Crippen LogP contribution in [0.25, 0.3) is 0 Å². The van der Waals surface area contributed by atoms with Crippen molar-refractivity contribution in [2.45, 2.75) is 24.2 Å². The monoisotopic (exact) mass is 272 g/mol. The smallest absolute Gasteiger partial charge is 0.147 e. The second-order valence-corrected chi connectivity index (χ2v) is 6.01. The molecule has 0 aliphatic carbocycles. The van der Waals surface area contributed by atoms with Crippen molar-refractivity contribution in [3.05, 3.63) is 47.3 Å². The van der Waals surface area contributed by atoms with Gasteiger partial charge in [0, 0.05) is 29.8 Å². The van der Waals surface area contributed by atoms with Crippen molar-refractivity contribution < 1.29 is 4.79 Å². The summed E-state index contributed by atoms with van der Waals surface area (Å²) < 4.78 is 1.81. The Kier molecular flexibility index (Phi) is 3.19. The number of aryl methyl sites for hydroxylation is 2. The molecule has 0 radical (unpaired) electrons. The van der Waals surface area contributed by atoms with Crippen molar-refractivity contribution in [1.82, 2.24) is 9.78 Å². The standard InChI is InChI=1S/C15H16N2OS/c1-10-7-11(17(2)16-10)8-14(18)13-9-19-15-6-4-3-5-12(13)15/h3-7,13H,8-9H2,1-2H3. The van der Waals surface area contributed by atoms with E-state index in [9.17, 15) is 4.79 Å². The molecular weight excluding hydrogens is 256 g/mol. The predicted octanol–water partition coefficient (Wildman–Crippen LogP) is 2.73. The first-order valence-electron chi connectivity index (χ1n) is 6.39. The van der Waals surface area contributed by atoms with Crippen LogP contribution in [-0.2, 0) is 18.3 Å². The third kappa shape index (κ3) is 2.32. The van der Waals surface area contributed by atoms with Gasteiger partial charge in [0.05, 0.1) is 11.6 Å². The lowest BCUT2D eigenvalue weighted by molar-refractivity contribution is -0.119. The molecule has 1 aromatic heterocycles. The van der Waals surface area contributed by atoms with Crippen LogP contribution in [0.5, 0.6) is 0 Å². The summed E-state index contributed by atoms with van der Waals surface area (Å²) in [5.41, 5.74) is 3.15. The first-order valence-corrected chi connectivity index (χ1v) is 7.37. The Balaban J connectivity index is 1.81. The summed E-state index contributed by atoms with van der Waals surface area (Å²) in [6, 6.07) is 10.2. The topological polar surface area (TPSA) is 34.9 Å². The largest absolute Gasteiger partial charge is 0.299 e. The van der Waals surface area contributed by atoms with Crippen LogP contribution >= 0.6 is 11.8 Å². The summed E-state index contributed by atoms with van der Waals surface area (Å²) in [6.45, 7) is 1.95. The van der Waals surface area contributed by atoms with Gasteiger partial charge in [0.25, 0.3) is 0 Å². The van der Waals surface area contributed by atoms with Gasteiger partial charge in [-0.2, -0.15) is 5.10 Å². The van der Waals surface area contributed by atoms with Crippen molar-refractivity contribution in [2.24, 2.45) is 7.05 Å². The minimum Gasteiger partial charge on any atom is -0.299 e. The van der Waals surface area contributed by atoms with Crippen LogP contribution in [0.2, 0.25) is 0 Å². The van der Waals surface area contributed by atoms with Gasteiger partial charge in [-0.15, -0.1) is 11.8 Å². The lowest BCUT2D eigenvalue weighted by atomic mass is 9.94. The van der Waals surface area contributed by atoms with E-state index >= 15 is 0 Å². The third-order valence-corrected chi connectivity index (χ3v) is 4.73. The number of hydrogen-bond acceptors (Lipinski definition) is 3. The SMILES string of the molecule is Cc1cc(CC(=O)C2CSc3ccccc32)n(C)n1. The van der Waals surface area contributed by atoms with E-state index in [-0.39, 0.29) is 5.92 Å². The van der Waals surface area contributed by atoms with Gasteiger partial charge in [-0.1, -0.05) is 18.2 Å². The molecule has 0 fully saturated rings. The van der Waals surface area contributed by atoms with Crippen molar-refractivity contribution in [2.75, 3.05) is 5.75 Å². The Morgan fingerprint density at radius 2 is 2.26 bits per heavy atom. The minimum absolute atomic E-state index is 0.0383. The Morgan fingerprint density at radius 3 is 3.00 bits per heavy atom. The van der Waals surface area contributed by atoms with Crippen LogP contribution in [0.15, 0.2) is 35.2 Å². The van der Waals surface area contributed by atoms with E-state index in [1.807, 2.05) is 32.2 Å². The first-order chi connectivity index (χ1) is 9.15. The summed E-state index contributed by atoms with van der Waals surface area (Å²) in [5, 5.41) is 4.29. The number of Topliss-reactive ketones (excluding diaryl/α,β-unsaturated/α-hetero) is 1. The average molecular weight is 272 g/mol. The number of hydrogen-bond donors (Lipinski definition) is 0. The maximum atomic E-state index is 12.5. The summed E-state index contributed by atoms with van der Waals surface area (Å²) >= 11 is 1.78. The lowest BCUT2D eigenvalue weighted by Gasteiger charge is -2.09. The molecule has 0 N–H and O–H groups in total. The molecule has 0 saturated carbocycles. The zero-order valence-corrected chi connectivity index (χ0v) is 11.9. The summed E-state index contributed by atoms with van der Waals surface area (Å²) in [6.07, 6.45) is 0.469. The highest BCUT2D eigenvalue weighted by molar-refractivity contribution is 7.99. The highest BCUT2D eigenvalue weighted by Crippen LogP contribution is 2.40. The number of carbonyl (C=O) groups is 1. The predicted molar refractivity (Wildman–Crippen MR) is 76.6 cm³/mol. The Morgan fingerprint density at radius 1 is 1.47 bits per heavy atom. The number of thioether (sulfide) groups is 1. The zero-order valence-electron chi connectivity index (χ0n) is 11.1. The van der Waals surface area contributed by atoms with Gasteiger partial charge in [-0.3, -0.25) is 9.48 Å². The molecule has 1 unspecified atom stereocenters. The molecule has 0 bridgehead atoms. The second kappa shape index (κ2) is 4.85.